The van der Waals surface area contributed by atoms with E-state index in [1.807, 2.05) is 0 Å². The van der Waals surface area contributed by atoms with Crippen LogP contribution in [0.2, 0.25) is 0 Å². The van der Waals surface area contributed by atoms with Crippen LogP contribution in [0.5, 0.6) is 0 Å². The number of hydrogen-bond acceptors (Lipinski definition) is 0. The van der Waals surface area contributed by atoms with E-state index in [1.54, 1.807) is 0 Å². The molecule has 0 saturated heterocycles. The van der Waals surface area contributed by atoms with Crippen molar-refractivity contribution in [1.29, 1.82) is 0 Å². The van der Waals surface area contributed by atoms with Gasteiger partial charge in [0.25, 0.3) is 0 Å². The Balaban J connectivity index is 2.21. The van der Waals surface area contributed by atoms with E-state index in [0.717, 1.165) is 0 Å². The molecule has 0 nitrogen and oxygen atoms in total. The molecule has 0 amide bonds. The molecule has 0 aromatic heterocycles. The summed E-state index contributed by atoms with van der Waals surface area (Å²) >= 11 is -2.70. The molecule has 3 rings (SSSR count). The molecule has 0 bridgehead atoms. The first-order valence-corrected chi connectivity index (χ1v) is 12.6. The molecular weight excluding hydrogens is 367 g/mol. The fraction of sp³-hybridized carbons (Fsp3) is 0.143. The van der Waals surface area contributed by atoms with E-state index in [0.29, 0.717) is 0 Å². The van der Waals surface area contributed by atoms with Crippen LogP contribution < -0.4 is 13.4 Å². The van der Waals surface area contributed by atoms with Gasteiger partial charge in [0.2, 0.25) is 0 Å². The fourth-order valence-electron chi connectivity index (χ4n) is 2.59. The second-order valence-corrected chi connectivity index (χ2v) is 13.6. The van der Waals surface area contributed by atoms with Crippen molar-refractivity contribution in [3.8, 4) is 0 Å². The predicted molar refractivity (Wildman–Crippen MR) is 104 cm³/mol. The van der Waals surface area contributed by atoms with Gasteiger partial charge in [-0.25, -0.2) is 0 Å². The first-order valence-electron chi connectivity index (χ1n) is 7.73. The monoisotopic (exact) mass is 388 g/mol. The summed E-state index contributed by atoms with van der Waals surface area (Å²) in [6, 6.07) is 26.1. The molecule has 0 aliphatic carbocycles. The average molecular weight is 388 g/mol. The maximum absolute atomic E-state index is 7.43. The summed E-state index contributed by atoms with van der Waals surface area (Å²) in [5, 5.41) is 0. The zero-order valence-corrected chi connectivity index (χ0v) is 16.2. The van der Waals surface area contributed by atoms with Crippen LogP contribution in [0.4, 0.5) is 0 Å². The van der Waals surface area contributed by atoms with Crippen molar-refractivity contribution < 1.29 is 0 Å². The number of benzene rings is 3. The summed E-state index contributed by atoms with van der Waals surface area (Å²) < 4.78 is 3.75. The topological polar surface area (TPSA) is 0 Å². The van der Waals surface area contributed by atoms with E-state index >= 15 is 0 Å². The molecule has 0 aliphatic heterocycles. The standard InChI is InChI=1S/C21H21ClSe/c1-16-4-10-19(11-5-16)23(22,20-12-6-17(2)7-13-20)21-14-8-18(3)9-15-21/h4-15H,1-3H3. The van der Waals surface area contributed by atoms with Crippen molar-refractivity contribution in [3.63, 3.8) is 0 Å². The fourth-order valence-corrected chi connectivity index (χ4v) is 9.12. The van der Waals surface area contributed by atoms with Gasteiger partial charge in [-0.2, -0.15) is 0 Å². The van der Waals surface area contributed by atoms with Crippen LogP contribution in [0.3, 0.4) is 0 Å². The van der Waals surface area contributed by atoms with Gasteiger partial charge >= 0.3 is 146 Å². The second-order valence-electron chi connectivity index (χ2n) is 5.98. The van der Waals surface area contributed by atoms with Crippen LogP contribution in [0.15, 0.2) is 72.8 Å². The SMILES string of the molecule is Cc1ccc([Se](Cl)(c2ccc(C)cc2)c2ccc(C)cc2)cc1. The zero-order valence-electron chi connectivity index (χ0n) is 13.7. The van der Waals surface area contributed by atoms with Gasteiger partial charge < -0.3 is 0 Å². The first-order chi connectivity index (χ1) is 11.0. The summed E-state index contributed by atoms with van der Waals surface area (Å²) in [7, 11) is 7.43. The molecule has 0 unspecified atom stereocenters. The van der Waals surface area contributed by atoms with Crippen molar-refractivity contribution in [3.05, 3.63) is 89.5 Å². The maximum atomic E-state index is 7.43. The molecule has 0 fully saturated rings. The Morgan fingerprint density at radius 2 is 0.696 bits per heavy atom. The molecule has 0 heterocycles. The minimum absolute atomic E-state index is 1.25. The van der Waals surface area contributed by atoms with Crippen LogP contribution >= 0.6 is 10.1 Å². The number of rotatable bonds is 3. The van der Waals surface area contributed by atoms with Crippen LogP contribution in [-0.2, 0) is 0 Å². The van der Waals surface area contributed by atoms with Gasteiger partial charge in [-0.15, -0.1) is 0 Å². The van der Waals surface area contributed by atoms with E-state index in [4.69, 9.17) is 10.1 Å². The van der Waals surface area contributed by atoms with Crippen molar-refractivity contribution in [2.45, 2.75) is 20.8 Å². The summed E-state index contributed by atoms with van der Waals surface area (Å²) in [5.41, 5.74) is 3.78. The third-order valence-corrected chi connectivity index (χ3v) is 12.6. The van der Waals surface area contributed by atoms with Crippen molar-refractivity contribution in [2.24, 2.45) is 0 Å². The quantitative estimate of drug-likeness (QED) is 0.599. The van der Waals surface area contributed by atoms with Crippen molar-refractivity contribution in [2.75, 3.05) is 0 Å². The van der Waals surface area contributed by atoms with Crippen molar-refractivity contribution in [1.82, 2.24) is 0 Å². The van der Waals surface area contributed by atoms with E-state index < -0.39 is 11.9 Å². The van der Waals surface area contributed by atoms with Gasteiger partial charge in [0.1, 0.15) is 0 Å². The Labute approximate surface area is 145 Å². The first kappa shape index (κ1) is 16.3. The van der Waals surface area contributed by atoms with Gasteiger partial charge in [-0.05, 0) is 0 Å². The Morgan fingerprint density at radius 1 is 0.478 bits per heavy atom. The molecular formula is C21H21ClSe. The van der Waals surface area contributed by atoms with Gasteiger partial charge in [-0.1, -0.05) is 0 Å². The Hall–Kier alpha value is -1.53. The average Bonchev–Trinajstić information content (AvgIpc) is 2.56. The number of hydrogen-bond donors (Lipinski definition) is 0. The predicted octanol–water partition coefficient (Wildman–Crippen LogP) is 3.82. The van der Waals surface area contributed by atoms with E-state index in [9.17, 15) is 0 Å². The molecule has 3 aromatic rings. The van der Waals surface area contributed by atoms with Crippen LogP contribution in [0, 0.1) is 20.8 Å². The molecule has 0 atom stereocenters. The Morgan fingerprint density at radius 3 is 0.913 bits per heavy atom. The summed E-state index contributed by atoms with van der Waals surface area (Å²) in [6.45, 7) is 6.34. The van der Waals surface area contributed by atoms with Gasteiger partial charge in [-0.3, -0.25) is 0 Å². The van der Waals surface area contributed by atoms with E-state index in [-0.39, 0.29) is 0 Å². The molecule has 2 heteroatoms. The summed E-state index contributed by atoms with van der Waals surface area (Å²) in [4.78, 5) is 0. The molecule has 0 radical (unpaired) electrons. The van der Waals surface area contributed by atoms with Crippen LogP contribution in [0.1, 0.15) is 16.7 Å². The molecule has 0 aliphatic rings. The van der Waals surface area contributed by atoms with E-state index in [1.165, 1.54) is 30.1 Å². The third kappa shape index (κ3) is 3.23. The van der Waals surface area contributed by atoms with Gasteiger partial charge in [0.15, 0.2) is 0 Å². The minimum atomic E-state index is -2.70. The number of aryl methyl sites for hydroxylation is 3. The van der Waals surface area contributed by atoms with Crippen LogP contribution in [-0.4, -0.2) is 11.9 Å². The second kappa shape index (κ2) is 6.53. The normalized spacial score (nSPS) is 12.2. The number of halogens is 1. The molecule has 3 aromatic carbocycles. The summed E-state index contributed by atoms with van der Waals surface area (Å²) in [5.74, 6) is 0. The molecule has 0 spiro atoms. The molecule has 0 saturated carbocycles. The van der Waals surface area contributed by atoms with E-state index in [2.05, 4.69) is 93.6 Å². The molecule has 0 N–H and O–H groups in total. The van der Waals surface area contributed by atoms with Crippen molar-refractivity contribution >= 4 is 35.4 Å². The molecule has 118 valence electrons. The van der Waals surface area contributed by atoms with Gasteiger partial charge in [0.05, 0.1) is 0 Å². The molecule has 23 heavy (non-hydrogen) atoms. The Bertz CT molecular complexity index is 676. The van der Waals surface area contributed by atoms with Gasteiger partial charge in [0, 0.05) is 0 Å². The van der Waals surface area contributed by atoms with Crippen LogP contribution in [0.25, 0.3) is 0 Å². The summed E-state index contributed by atoms with van der Waals surface area (Å²) in [6.07, 6.45) is 0. The zero-order chi connectivity index (χ0) is 16.4. The Kier molecular flexibility index (Phi) is 4.64. The third-order valence-electron chi connectivity index (χ3n) is 4.04.